The molecule has 5 nitrogen and oxygen atoms in total. The highest BCUT2D eigenvalue weighted by Crippen LogP contribution is 2.37. The van der Waals surface area contributed by atoms with E-state index in [1.165, 1.54) is 0 Å². The number of carboxylic acid groups (broad SMARTS) is 1. The van der Waals surface area contributed by atoms with Crippen LogP contribution in [-0.4, -0.2) is 31.1 Å². The molecule has 2 heterocycles. The first-order valence-corrected chi connectivity index (χ1v) is 5.39. The van der Waals surface area contributed by atoms with Gasteiger partial charge >= 0.3 is 5.97 Å². The third-order valence-corrected chi connectivity index (χ3v) is 3.19. The third kappa shape index (κ3) is 1.63. The molecule has 17 heavy (non-hydrogen) atoms. The molecule has 0 spiro atoms. The van der Waals surface area contributed by atoms with E-state index in [4.69, 9.17) is 14.2 Å². The Kier molecular flexibility index (Phi) is 2.22. The number of hydrogen-bond donors (Lipinski definition) is 1. The molecular formula is C12H12O5. The van der Waals surface area contributed by atoms with Crippen molar-refractivity contribution in [3.8, 4) is 11.5 Å². The van der Waals surface area contributed by atoms with Crippen molar-refractivity contribution < 1.29 is 24.1 Å². The molecule has 1 aromatic rings. The molecule has 3 rings (SSSR count). The summed E-state index contributed by atoms with van der Waals surface area (Å²) >= 11 is 0. The number of fused-ring (bicyclic) bond motifs is 1. The van der Waals surface area contributed by atoms with Crippen molar-refractivity contribution in [3.05, 3.63) is 23.8 Å². The van der Waals surface area contributed by atoms with Crippen LogP contribution in [0.25, 0.3) is 0 Å². The fourth-order valence-electron chi connectivity index (χ4n) is 2.09. The summed E-state index contributed by atoms with van der Waals surface area (Å²) in [6.07, 6.45) is 0.457. The molecule has 1 N–H and O–H groups in total. The van der Waals surface area contributed by atoms with Crippen LogP contribution in [0.3, 0.4) is 0 Å². The number of carbonyl (C=O) groups is 1. The zero-order valence-corrected chi connectivity index (χ0v) is 9.14. The van der Waals surface area contributed by atoms with Gasteiger partial charge in [-0.25, -0.2) is 0 Å². The van der Waals surface area contributed by atoms with E-state index in [0.29, 0.717) is 17.9 Å². The number of ether oxygens (including phenoxy) is 3. The predicted molar refractivity (Wildman–Crippen MR) is 57.2 cm³/mol. The summed E-state index contributed by atoms with van der Waals surface area (Å²) < 4.78 is 15.5. The summed E-state index contributed by atoms with van der Waals surface area (Å²) in [7, 11) is 0. The monoisotopic (exact) mass is 236 g/mol. The first kappa shape index (κ1) is 10.4. The lowest BCUT2D eigenvalue weighted by molar-refractivity contribution is -0.179. The van der Waals surface area contributed by atoms with Gasteiger partial charge in [0.05, 0.1) is 13.2 Å². The first-order valence-electron chi connectivity index (χ1n) is 5.39. The fraction of sp³-hybridized carbons (Fsp3) is 0.417. The maximum absolute atomic E-state index is 11.2. The molecule has 0 amide bonds. The largest absolute Gasteiger partial charge is 0.481 e. The standard InChI is InChI=1S/C12H12O5/c13-11(14)12(5-15-6-12)4-8-1-2-9-10(3-8)17-7-16-9/h1-3H,4-7H2,(H,13,14). The quantitative estimate of drug-likeness (QED) is 0.850. The van der Waals surface area contributed by atoms with E-state index in [0.717, 1.165) is 5.56 Å². The second-order valence-electron chi connectivity index (χ2n) is 4.44. The molecule has 5 heteroatoms. The molecule has 0 aromatic heterocycles. The lowest BCUT2D eigenvalue weighted by Crippen LogP contribution is -2.50. The van der Waals surface area contributed by atoms with E-state index >= 15 is 0 Å². The van der Waals surface area contributed by atoms with Crippen LogP contribution in [0.15, 0.2) is 18.2 Å². The van der Waals surface area contributed by atoms with Crippen molar-refractivity contribution in [1.29, 1.82) is 0 Å². The topological polar surface area (TPSA) is 65.0 Å². The molecule has 1 fully saturated rings. The van der Waals surface area contributed by atoms with Gasteiger partial charge in [0.25, 0.3) is 0 Å². The van der Waals surface area contributed by atoms with Gasteiger partial charge in [0.15, 0.2) is 11.5 Å². The SMILES string of the molecule is O=C(O)C1(Cc2ccc3c(c2)OCO3)COC1. The molecule has 2 aliphatic rings. The van der Waals surface area contributed by atoms with Gasteiger partial charge in [0, 0.05) is 0 Å². The van der Waals surface area contributed by atoms with Crippen molar-refractivity contribution in [1.82, 2.24) is 0 Å². The maximum atomic E-state index is 11.2. The second-order valence-corrected chi connectivity index (χ2v) is 4.44. The Balaban J connectivity index is 1.83. The minimum absolute atomic E-state index is 0.228. The first-order chi connectivity index (χ1) is 8.20. The molecule has 0 atom stereocenters. The zero-order chi connectivity index (χ0) is 11.9. The van der Waals surface area contributed by atoms with Crippen LogP contribution in [-0.2, 0) is 16.0 Å². The molecular weight excluding hydrogens is 224 g/mol. The number of benzene rings is 1. The van der Waals surface area contributed by atoms with Gasteiger partial charge < -0.3 is 19.3 Å². The Morgan fingerprint density at radius 1 is 1.29 bits per heavy atom. The molecule has 0 unspecified atom stereocenters. The van der Waals surface area contributed by atoms with E-state index in [9.17, 15) is 9.90 Å². The lowest BCUT2D eigenvalue weighted by Gasteiger charge is -2.37. The van der Waals surface area contributed by atoms with Gasteiger partial charge in [-0.1, -0.05) is 6.07 Å². The average molecular weight is 236 g/mol. The molecule has 0 aliphatic carbocycles. The van der Waals surface area contributed by atoms with Crippen LogP contribution >= 0.6 is 0 Å². The van der Waals surface area contributed by atoms with E-state index in [2.05, 4.69) is 0 Å². The lowest BCUT2D eigenvalue weighted by atomic mass is 9.80. The number of carboxylic acids is 1. The second kappa shape index (κ2) is 3.63. The molecule has 1 aromatic carbocycles. The molecule has 2 aliphatic heterocycles. The molecule has 0 radical (unpaired) electrons. The van der Waals surface area contributed by atoms with Crippen LogP contribution in [0.5, 0.6) is 11.5 Å². The highest BCUT2D eigenvalue weighted by atomic mass is 16.7. The summed E-state index contributed by atoms with van der Waals surface area (Å²) in [5.74, 6) is 0.590. The Hall–Kier alpha value is -1.75. The summed E-state index contributed by atoms with van der Waals surface area (Å²) in [6, 6.07) is 5.52. The Morgan fingerprint density at radius 2 is 2.06 bits per heavy atom. The minimum Gasteiger partial charge on any atom is -0.481 e. The Labute approximate surface area is 97.9 Å². The van der Waals surface area contributed by atoms with Gasteiger partial charge in [-0.05, 0) is 24.1 Å². The van der Waals surface area contributed by atoms with Crippen LogP contribution in [0, 0.1) is 5.41 Å². The summed E-state index contributed by atoms with van der Waals surface area (Å²) in [4.78, 5) is 11.2. The van der Waals surface area contributed by atoms with Crippen LogP contribution < -0.4 is 9.47 Å². The van der Waals surface area contributed by atoms with Crippen molar-refractivity contribution in [2.75, 3.05) is 20.0 Å². The highest BCUT2D eigenvalue weighted by molar-refractivity contribution is 5.76. The average Bonchev–Trinajstić information content (AvgIpc) is 2.69. The fourth-order valence-corrected chi connectivity index (χ4v) is 2.09. The molecule has 1 saturated heterocycles. The van der Waals surface area contributed by atoms with Crippen molar-refractivity contribution >= 4 is 5.97 Å². The number of rotatable bonds is 3. The van der Waals surface area contributed by atoms with Crippen LogP contribution in [0.4, 0.5) is 0 Å². The normalized spacial score (nSPS) is 19.8. The maximum Gasteiger partial charge on any atom is 0.314 e. The van der Waals surface area contributed by atoms with Gasteiger partial charge in [-0.3, -0.25) is 4.79 Å². The van der Waals surface area contributed by atoms with Crippen molar-refractivity contribution in [2.45, 2.75) is 6.42 Å². The number of aliphatic carboxylic acids is 1. The van der Waals surface area contributed by atoms with Crippen LogP contribution in [0.1, 0.15) is 5.56 Å². The van der Waals surface area contributed by atoms with Crippen molar-refractivity contribution in [3.63, 3.8) is 0 Å². The zero-order valence-electron chi connectivity index (χ0n) is 9.14. The Morgan fingerprint density at radius 3 is 2.71 bits per heavy atom. The van der Waals surface area contributed by atoms with E-state index in [1.54, 1.807) is 0 Å². The van der Waals surface area contributed by atoms with Gasteiger partial charge in [0.1, 0.15) is 5.41 Å². The number of hydrogen-bond acceptors (Lipinski definition) is 4. The molecule has 0 bridgehead atoms. The van der Waals surface area contributed by atoms with E-state index < -0.39 is 11.4 Å². The summed E-state index contributed by atoms with van der Waals surface area (Å²) in [5, 5.41) is 9.20. The van der Waals surface area contributed by atoms with E-state index in [1.807, 2.05) is 18.2 Å². The van der Waals surface area contributed by atoms with Gasteiger partial charge in [-0.2, -0.15) is 0 Å². The summed E-state index contributed by atoms with van der Waals surface area (Å²) in [5.41, 5.74) is 0.160. The minimum atomic E-state index is -0.804. The summed E-state index contributed by atoms with van der Waals surface area (Å²) in [6.45, 7) is 0.777. The van der Waals surface area contributed by atoms with Gasteiger partial charge in [-0.15, -0.1) is 0 Å². The highest BCUT2D eigenvalue weighted by Gasteiger charge is 2.46. The molecule has 0 saturated carbocycles. The third-order valence-electron chi connectivity index (χ3n) is 3.19. The molecule has 90 valence electrons. The van der Waals surface area contributed by atoms with Gasteiger partial charge in [0.2, 0.25) is 6.79 Å². The Bertz CT molecular complexity index is 464. The van der Waals surface area contributed by atoms with E-state index in [-0.39, 0.29) is 20.0 Å². The predicted octanol–water partition coefficient (Wildman–Crippen LogP) is 1.06. The van der Waals surface area contributed by atoms with Crippen LogP contribution in [0.2, 0.25) is 0 Å². The smallest absolute Gasteiger partial charge is 0.314 e. The van der Waals surface area contributed by atoms with Crippen molar-refractivity contribution in [2.24, 2.45) is 5.41 Å².